The first-order valence-electron chi connectivity index (χ1n) is 5.63. The van der Waals surface area contributed by atoms with Crippen LogP contribution >= 0.6 is 0 Å². The van der Waals surface area contributed by atoms with Crippen LogP contribution in [0.3, 0.4) is 0 Å². The summed E-state index contributed by atoms with van der Waals surface area (Å²) in [4.78, 5) is 0. The zero-order valence-corrected chi connectivity index (χ0v) is 10.1. The molecule has 1 unspecified atom stereocenters. The van der Waals surface area contributed by atoms with Crippen molar-refractivity contribution in [3.05, 3.63) is 22.8 Å². The molecule has 0 aromatic heterocycles. The third kappa shape index (κ3) is 1.94. The van der Waals surface area contributed by atoms with Gasteiger partial charge < -0.3 is 15.2 Å². The van der Waals surface area contributed by atoms with Crippen LogP contribution in [-0.2, 0) is 12.8 Å². The van der Waals surface area contributed by atoms with Crippen molar-refractivity contribution in [1.82, 2.24) is 0 Å². The quantitative estimate of drug-likeness (QED) is 0.836. The second-order valence-electron chi connectivity index (χ2n) is 4.23. The molecule has 1 aliphatic carbocycles. The predicted octanol–water partition coefficient (Wildman–Crippen LogP) is 1.39. The third-order valence-electron chi connectivity index (χ3n) is 3.23. The van der Waals surface area contributed by atoms with Gasteiger partial charge in [0.1, 0.15) is 17.6 Å². The van der Waals surface area contributed by atoms with Crippen molar-refractivity contribution in [3.8, 4) is 17.6 Å². The molecule has 0 saturated heterocycles. The van der Waals surface area contributed by atoms with E-state index in [0.717, 1.165) is 36.1 Å². The van der Waals surface area contributed by atoms with Crippen molar-refractivity contribution in [2.45, 2.75) is 25.3 Å². The largest absolute Gasteiger partial charge is 0.496 e. The van der Waals surface area contributed by atoms with Crippen LogP contribution < -0.4 is 15.2 Å². The van der Waals surface area contributed by atoms with E-state index in [9.17, 15) is 0 Å². The minimum atomic E-state index is 0.161. The first kappa shape index (κ1) is 11.7. The summed E-state index contributed by atoms with van der Waals surface area (Å²) >= 11 is 0. The van der Waals surface area contributed by atoms with Gasteiger partial charge in [0.05, 0.1) is 19.8 Å². The SMILES string of the molecule is COc1cc(C#N)c(OC)c2c1CC(N)CC2. The molecule has 0 saturated carbocycles. The van der Waals surface area contributed by atoms with E-state index in [1.54, 1.807) is 20.3 Å². The Morgan fingerprint density at radius 2 is 2.12 bits per heavy atom. The molecule has 0 bridgehead atoms. The molecule has 1 aromatic carbocycles. The minimum Gasteiger partial charge on any atom is -0.496 e. The number of benzene rings is 1. The summed E-state index contributed by atoms with van der Waals surface area (Å²) in [6, 6.07) is 4.04. The molecule has 0 radical (unpaired) electrons. The second kappa shape index (κ2) is 4.64. The van der Waals surface area contributed by atoms with Crippen molar-refractivity contribution in [1.29, 1.82) is 5.26 Å². The van der Waals surface area contributed by atoms with Gasteiger partial charge in [-0.05, 0) is 19.3 Å². The van der Waals surface area contributed by atoms with Gasteiger partial charge in [-0.1, -0.05) is 0 Å². The monoisotopic (exact) mass is 232 g/mol. The Kier molecular flexibility index (Phi) is 3.21. The van der Waals surface area contributed by atoms with Crippen molar-refractivity contribution in [3.63, 3.8) is 0 Å². The Balaban J connectivity index is 2.63. The maximum atomic E-state index is 9.11. The summed E-state index contributed by atoms with van der Waals surface area (Å²) in [7, 11) is 3.21. The van der Waals surface area contributed by atoms with Crippen LogP contribution in [0.2, 0.25) is 0 Å². The molecule has 90 valence electrons. The molecule has 0 fully saturated rings. The fourth-order valence-corrected chi connectivity index (χ4v) is 2.41. The van der Waals surface area contributed by atoms with Gasteiger partial charge in [-0.25, -0.2) is 0 Å². The Bertz CT molecular complexity index is 477. The Hall–Kier alpha value is -1.73. The fraction of sp³-hybridized carbons (Fsp3) is 0.462. The van der Waals surface area contributed by atoms with E-state index in [1.807, 2.05) is 0 Å². The van der Waals surface area contributed by atoms with Gasteiger partial charge in [0, 0.05) is 23.2 Å². The molecule has 1 aliphatic rings. The predicted molar refractivity (Wildman–Crippen MR) is 64.3 cm³/mol. The van der Waals surface area contributed by atoms with Gasteiger partial charge in [0.2, 0.25) is 0 Å². The zero-order chi connectivity index (χ0) is 12.4. The number of rotatable bonds is 2. The number of fused-ring (bicyclic) bond motifs is 1. The smallest absolute Gasteiger partial charge is 0.140 e. The summed E-state index contributed by atoms with van der Waals surface area (Å²) in [5, 5.41) is 9.11. The van der Waals surface area contributed by atoms with E-state index in [2.05, 4.69) is 6.07 Å². The van der Waals surface area contributed by atoms with E-state index in [1.165, 1.54) is 0 Å². The van der Waals surface area contributed by atoms with Crippen LogP contribution in [0.1, 0.15) is 23.1 Å². The second-order valence-corrected chi connectivity index (χ2v) is 4.23. The van der Waals surface area contributed by atoms with E-state index < -0.39 is 0 Å². The molecule has 17 heavy (non-hydrogen) atoms. The molecule has 0 aliphatic heterocycles. The minimum absolute atomic E-state index is 0.161. The molecule has 0 amide bonds. The van der Waals surface area contributed by atoms with E-state index in [0.29, 0.717) is 11.3 Å². The van der Waals surface area contributed by atoms with Crippen LogP contribution in [0.25, 0.3) is 0 Å². The molecule has 4 heteroatoms. The van der Waals surface area contributed by atoms with Crippen LogP contribution in [-0.4, -0.2) is 20.3 Å². The lowest BCUT2D eigenvalue weighted by Gasteiger charge is -2.25. The summed E-state index contributed by atoms with van der Waals surface area (Å²) < 4.78 is 10.7. The number of nitrogens with zero attached hydrogens (tertiary/aromatic N) is 1. The Morgan fingerprint density at radius 3 is 2.71 bits per heavy atom. The Morgan fingerprint density at radius 1 is 1.35 bits per heavy atom. The molecule has 0 spiro atoms. The third-order valence-corrected chi connectivity index (χ3v) is 3.23. The summed E-state index contributed by atoms with van der Waals surface area (Å²) in [6.07, 6.45) is 2.54. The molecule has 0 heterocycles. The first-order chi connectivity index (χ1) is 8.21. The van der Waals surface area contributed by atoms with Gasteiger partial charge in [0.25, 0.3) is 0 Å². The fourth-order valence-electron chi connectivity index (χ4n) is 2.41. The molecule has 2 N–H and O–H groups in total. The van der Waals surface area contributed by atoms with Crippen molar-refractivity contribution in [2.75, 3.05) is 14.2 Å². The van der Waals surface area contributed by atoms with Crippen molar-refractivity contribution >= 4 is 0 Å². The maximum Gasteiger partial charge on any atom is 0.140 e. The highest BCUT2D eigenvalue weighted by molar-refractivity contribution is 5.59. The maximum absolute atomic E-state index is 9.11. The Labute approximate surface area is 101 Å². The van der Waals surface area contributed by atoms with Gasteiger partial charge >= 0.3 is 0 Å². The van der Waals surface area contributed by atoms with Gasteiger partial charge in [-0.15, -0.1) is 0 Å². The lowest BCUT2D eigenvalue weighted by molar-refractivity contribution is 0.384. The molecule has 4 nitrogen and oxygen atoms in total. The number of hydrogen-bond donors (Lipinski definition) is 1. The number of nitrogens with two attached hydrogens (primary N) is 1. The highest BCUT2D eigenvalue weighted by atomic mass is 16.5. The first-order valence-corrected chi connectivity index (χ1v) is 5.63. The van der Waals surface area contributed by atoms with Crippen molar-refractivity contribution < 1.29 is 9.47 Å². The van der Waals surface area contributed by atoms with Crippen LogP contribution in [0, 0.1) is 11.3 Å². The molecular weight excluding hydrogens is 216 g/mol. The van der Waals surface area contributed by atoms with Crippen molar-refractivity contribution in [2.24, 2.45) is 5.73 Å². The number of nitriles is 1. The van der Waals surface area contributed by atoms with E-state index in [4.69, 9.17) is 20.5 Å². The number of ether oxygens (including phenoxy) is 2. The average molecular weight is 232 g/mol. The average Bonchev–Trinajstić information content (AvgIpc) is 2.36. The van der Waals surface area contributed by atoms with E-state index in [-0.39, 0.29) is 6.04 Å². The molecule has 1 atom stereocenters. The highest BCUT2D eigenvalue weighted by Crippen LogP contribution is 2.38. The lowest BCUT2D eigenvalue weighted by atomic mass is 9.86. The number of methoxy groups -OCH3 is 2. The molecule has 2 rings (SSSR count). The van der Waals surface area contributed by atoms with Gasteiger partial charge in [0.15, 0.2) is 0 Å². The summed E-state index contributed by atoms with van der Waals surface area (Å²) in [5.74, 6) is 1.42. The van der Waals surface area contributed by atoms with Crippen LogP contribution in [0.15, 0.2) is 6.07 Å². The van der Waals surface area contributed by atoms with E-state index >= 15 is 0 Å². The topological polar surface area (TPSA) is 68.3 Å². The molecule has 1 aromatic rings. The lowest BCUT2D eigenvalue weighted by Crippen LogP contribution is -2.28. The number of hydrogen-bond acceptors (Lipinski definition) is 4. The zero-order valence-electron chi connectivity index (χ0n) is 10.1. The normalized spacial score (nSPS) is 18.1. The highest BCUT2D eigenvalue weighted by Gasteiger charge is 2.25. The van der Waals surface area contributed by atoms with Crippen LogP contribution in [0.4, 0.5) is 0 Å². The standard InChI is InChI=1S/C13H16N2O2/c1-16-12-5-8(7-14)13(17-2)10-4-3-9(15)6-11(10)12/h5,9H,3-4,6,15H2,1-2H3. The van der Waals surface area contributed by atoms with Crippen LogP contribution in [0.5, 0.6) is 11.5 Å². The summed E-state index contributed by atoms with van der Waals surface area (Å²) in [6.45, 7) is 0. The van der Waals surface area contributed by atoms with Gasteiger partial charge in [-0.3, -0.25) is 0 Å². The van der Waals surface area contributed by atoms with Gasteiger partial charge in [-0.2, -0.15) is 5.26 Å². The summed E-state index contributed by atoms with van der Waals surface area (Å²) in [5.41, 5.74) is 8.66. The molecular formula is C13H16N2O2.